The highest BCUT2D eigenvalue weighted by molar-refractivity contribution is 5.66. The predicted molar refractivity (Wildman–Crippen MR) is 71.1 cm³/mol. The smallest absolute Gasteiger partial charge is 0.304 e. The van der Waals surface area contributed by atoms with Crippen LogP contribution in [0.25, 0.3) is 0 Å². The van der Waals surface area contributed by atoms with E-state index in [2.05, 4.69) is 12.2 Å². The number of hydrogen-bond donors (Lipinski definition) is 2. The van der Waals surface area contributed by atoms with Crippen molar-refractivity contribution in [3.63, 3.8) is 0 Å². The van der Waals surface area contributed by atoms with Gasteiger partial charge in [0.25, 0.3) is 0 Å². The Labute approximate surface area is 108 Å². The van der Waals surface area contributed by atoms with Crippen molar-refractivity contribution >= 4 is 5.97 Å². The molecule has 0 aliphatic carbocycles. The zero-order valence-electron chi connectivity index (χ0n) is 10.8. The number of benzene rings is 1. The molecule has 0 spiro atoms. The molecular weight excluding hydrogens is 230 g/mol. The Bertz CT molecular complexity index is 349. The standard InChI is InChI=1S/C14H21NO3/c1-2-11-18-13-5-3-12(4-6-13)7-9-15-10-8-14(16)17/h3-6,15H,2,7-11H2,1H3,(H,16,17). The largest absolute Gasteiger partial charge is 0.494 e. The molecule has 0 radical (unpaired) electrons. The van der Waals surface area contributed by atoms with Crippen molar-refractivity contribution in [1.29, 1.82) is 0 Å². The van der Waals surface area contributed by atoms with Crippen LogP contribution in [-0.4, -0.2) is 30.8 Å². The van der Waals surface area contributed by atoms with Crippen LogP contribution in [0.4, 0.5) is 0 Å². The highest BCUT2D eigenvalue weighted by Gasteiger charge is 1.97. The fourth-order valence-electron chi connectivity index (χ4n) is 1.53. The molecule has 0 atom stereocenters. The van der Waals surface area contributed by atoms with E-state index in [-0.39, 0.29) is 6.42 Å². The van der Waals surface area contributed by atoms with Crippen molar-refractivity contribution in [2.24, 2.45) is 0 Å². The van der Waals surface area contributed by atoms with E-state index < -0.39 is 5.97 Å². The summed E-state index contributed by atoms with van der Waals surface area (Å²) in [7, 11) is 0. The number of hydrogen-bond acceptors (Lipinski definition) is 3. The maximum atomic E-state index is 10.3. The van der Waals surface area contributed by atoms with Gasteiger partial charge in [-0.1, -0.05) is 19.1 Å². The molecule has 0 aliphatic heterocycles. The van der Waals surface area contributed by atoms with Crippen LogP contribution in [0.15, 0.2) is 24.3 Å². The summed E-state index contributed by atoms with van der Waals surface area (Å²) in [4.78, 5) is 10.3. The van der Waals surface area contributed by atoms with E-state index in [0.29, 0.717) is 6.54 Å². The minimum Gasteiger partial charge on any atom is -0.494 e. The van der Waals surface area contributed by atoms with Crippen LogP contribution in [0.5, 0.6) is 5.75 Å². The van der Waals surface area contributed by atoms with Gasteiger partial charge < -0.3 is 15.2 Å². The van der Waals surface area contributed by atoms with Gasteiger partial charge in [-0.15, -0.1) is 0 Å². The van der Waals surface area contributed by atoms with Crippen LogP contribution in [0.3, 0.4) is 0 Å². The molecule has 0 aliphatic rings. The summed E-state index contributed by atoms with van der Waals surface area (Å²) < 4.78 is 5.50. The van der Waals surface area contributed by atoms with Gasteiger partial charge in [0.15, 0.2) is 0 Å². The Hall–Kier alpha value is -1.55. The van der Waals surface area contributed by atoms with Crippen LogP contribution in [0.1, 0.15) is 25.3 Å². The van der Waals surface area contributed by atoms with Crippen LogP contribution in [0.2, 0.25) is 0 Å². The molecule has 100 valence electrons. The molecule has 0 heterocycles. The summed E-state index contributed by atoms with van der Waals surface area (Å²) in [5, 5.41) is 11.6. The highest BCUT2D eigenvalue weighted by Crippen LogP contribution is 2.12. The average Bonchev–Trinajstić information content (AvgIpc) is 2.37. The monoisotopic (exact) mass is 251 g/mol. The van der Waals surface area contributed by atoms with E-state index in [9.17, 15) is 4.79 Å². The zero-order valence-corrected chi connectivity index (χ0v) is 10.8. The summed E-state index contributed by atoms with van der Waals surface area (Å²) in [5.74, 6) is 0.138. The normalized spacial score (nSPS) is 10.3. The van der Waals surface area contributed by atoms with E-state index in [1.807, 2.05) is 24.3 Å². The van der Waals surface area contributed by atoms with Gasteiger partial charge in [-0.05, 0) is 37.1 Å². The average molecular weight is 251 g/mol. The third-order valence-corrected chi connectivity index (χ3v) is 2.50. The number of carboxylic acid groups (broad SMARTS) is 1. The number of ether oxygens (including phenoxy) is 1. The third kappa shape index (κ3) is 6.25. The quantitative estimate of drug-likeness (QED) is 0.660. The summed E-state index contributed by atoms with van der Waals surface area (Å²) >= 11 is 0. The van der Waals surface area contributed by atoms with Crippen molar-refractivity contribution in [2.75, 3.05) is 19.7 Å². The number of aliphatic carboxylic acids is 1. The molecule has 0 fully saturated rings. The van der Waals surface area contributed by atoms with Crippen LogP contribution < -0.4 is 10.1 Å². The molecule has 2 N–H and O–H groups in total. The predicted octanol–water partition coefficient (Wildman–Crippen LogP) is 2.08. The second-order valence-electron chi connectivity index (χ2n) is 4.14. The van der Waals surface area contributed by atoms with Gasteiger partial charge in [-0.3, -0.25) is 4.79 Å². The SMILES string of the molecule is CCCOc1ccc(CCNCCC(=O)O)cc1. The molecule has 18 heavy (non-hydrogen) atoms. The first-order valence-corrected chi connectivity index (χ1v) is 6.36. The van der Waals surface area contributed by atoms with Gasteiger partial charge in [-0.2, -0.15) is 0 Å². The third-order valence-electron chi connectivity index (χ3n) is 2.50. The topological polar surface area (TPSA) is 58.6 Å². The molecule has 0 saturated carbocycles. The van der Waals surface area contributed by atoms with Crippen molar-refractivity contribution in [3.8, 4) is 5.75 Å². The first-order valence-electron chi connectivity index (χ1n) is 6.36. The van der Waals surface area contributed by atoms with Gasteiger partial charge in [0, 0.05) is 6.54 Å². The van der Waals surface area contributed by atoms with Crippen LogP contribution in [-0.2, 0) is 11.2 Å². The lowest BCUT2D eigenvalue weighted by Crippen LogP contribution is -2.20. The lowest BCUT2D eigenvalue weighted by Gasteiger charge is -2.06. The maximum Gasteiger partial charge on any atom is 0.304 e. The summed E-state index contributed by atoms with van der Waals surface area (Å²) in [6.45, 7) is 4.14. The lowest BCUT2D eigenvalue weighted by atomic mass is 10.1. The Morgan fingerprint density at radius 3 is 2.61 bits per heavy atom. The van der Waals surface area contributed by atoms with Crippen molar-refractivity contribution in [3.05, 3.63) is 29.8 Å². The van der Waals surface area contributed by atoms with Crippen molar-refractivity contribution in [1.82, 2.24) is 5.32 Å². The van der Waals surface area contributed by atoms with E-state index in [1.54, 1.807) is 0 Å². The van der Waals surface area contributed by atoms with E-state index >= 15 is 0 Å². The van der Waals surface area contributed by atoms with Crippen LogP contribution in [0, 0.1) is 0 Å². The van der Waals surface area contributed by atoms with E-state index in [4.69, 9.17) is 9.84 Å². The number of carbonyl (C=O) groups is 1. The number of nitrogens with one attached hydrogen (secondary N) is 1. The molecule has 0 amide bonds. The molecule has 1 aromatic rings. The van der Waals surface area contributed by atoms with Gasteiger partial charge in [0.05, 0.1) is 13.0 Å². The minimum atomic E-state index is -0.764. The van der Waals surface area contributed by atoms with E-state index in [1.165, 1.54) is 5.56 Å². The molecule has 1 aromatic carbocycles. The highest BCUT2D eigenvalue weighted by atomic mass is 16.5. The van der Waals surface area contributed by atoms with Crippen molar-refractivity contribution in [2.45, 2.75) is 26.2 Å². The van der Waals surface area contributed by atoms with Gasteiger partial charge in [0.2, 0.25) is 0 Å². The minimum absolute atomic E-state index is 0.170. The molecule has 0 saturated heterocycles. The second kappa shape index (κ2) is 8.53. The number of carboxylic acids is 1. The zero-order chi connectivity index (χ0) is 13.2. The molecule has 0 aromatic heterocycles. The fourth-order valence-corrected chi connectivity index (χ4v) is 1.53. The summed E-state index contributed by atoms with van der Waals surface area (Å²) in [5.41, 5.74) is 1.22. The molecule has 4 heteroatoms. The molecular formula is C14H21NO3. The van der Waals surface area contributed by atoms with Gasteiger partial charge >= 0.3 is 5.97 Å². The van der Waals surface area contributed by atoms with E-state index in [0.717, 1.165) is 31.7 Å². The first kappa shape index (κ1) is 14.5. The van der Waals surface area contributed by atoms with Crippen molar-refractivity contribution < 1.29 is 14.6 Å². The Kier molecular flexibility index (Phi) is 6.87. The first-order chi connectivity index (χ1) is 8.72. The molecule has 1 rings (SSSR count). The van der Waals surface area contributed by atoms with Gasteiger partial charge in [0.1, 0.15) is 5.75 Å². The summed E-state index contributed by atoms with van der Waals surface area (Å²) in [6.07, 6.45) is 2.08. The summed E-state index contributed by atoms with van der Waals surface area (Å²) in [6, 6.07) is 8.04. The maximum absolute atomic E-state index is 10.3. The van der Waals surface area contributed by atoms with Gasteiger partial charge in [-0.25, -0.2) is 0 Å². The molecule has 0 bridgehead atoms. The number of rotatable bonds is 9. The Balaban J connectivity index is 2.20. The lowest BCUT2D eigenvalue weighted by molar-refractivity contribution is -0.136. The Morgan fingerprint density at radius 2 is 2.00 bits per heavy atom. The molecule has 4 nitrogen and oxygen atoms in total. The Morgan fingerprint density at radius 1 is 1.28 bits per heavy atom. The second-order valence-corrected chi connectivity index (χ2v) is 4.14. The fraction of sp³-hybridized carbons (Fsp3) is 0.500. The van der Waals surface area contributed by atoms with Crippen LogP contribution >= 0.6 is 0 Å². The molecule has 0 unspecified atom stereocenters.